The summed E-state index contributed by atoms with van der Waals surface area (Å²) in [7, 11) is 0. The summed E-state index contributed by atoms with van der Waals surface area (Å²) in [5.74, 6) is -0.899. The quantitative estimate of drug-likeness (QED) is 0.331. The molecule has 2 amide bonds. The number of rotatable bonds is 10. The second kappa shape index (κ2) is 8.26. The molecule has 0 radical (unpaired) electrons. The van der Waals surface area contributed by atoms with Crippen LogP contribution in [0.15, 0.2) is 86.0 Å². The lowest BCUT2D eigenvalue weighted by molar-refractivity contribution is -0.246. The van der Waals surface area contributed by atoms with E-state index >= 15 is 0 Å². The topological polar surface area (TPSA) is 92.5 Å². The van der Waals surface area contributed by atoms with Crippen LogP contribution in [0.3, 0.4) is 0 Å². The van der Waals surface area contributed by atoms with Crippen LogP contribution in [-0.4, -0.2) is 36.2 Å². The molecule has 2 aromatic carbocycles. The van der Waals surface area contributed by atoms with Gasteiger partial charge in [-0.25, -0.2) is 0 Å². The van der Waals surface area contributed by atoms with Gasteiger partial charge in [0.05, 0.1) is 13.2 Å². The van der Waals surface area contributed by atoms with E-state index in [0.717, 1.165) is 0 Å². The average molecular weight is 449 g/mol. The zero-order chi connectivity index (χ0) is 23.7. The maximum Gasteiger partial charge on any atom is 0.245 e. The lowest BCUT2D eigenvalue weighted by Crippen LogP contribution is -2.67. The summed E-state index contributed by atoms with van der Waals surface area (Å²) in [6, 6.07) is 18.5. The van der Waals surface area contributed by atoms with Gasteiger partial charge in [0.15, 0.2) is 0 Å². The number of carbonyl (C=O) groups is 2. The molecule has 2 heterocycles. The van der Waals surface area contributed by atoms with Gasteiger partial charge >= 0.3 is 0 Å². The van der Waals surface area contributed by atoms with Crippen LogP contribution in [0.2, 0.25) is 0 Å². The summed E-state index contributed by atoms with van der Waals surface area (Å²) < 4.78 is 18.7. The molecule has 2 fully saturated rings. The van der Waals surface area contributed by atoms with E-state index in [1.165, 1.54) is 12.2 Å². The van der Waals surface area contributed by atoms with Crippen molar-refractivity contribution in [2.24, 2.45) is 0 Å². The number of epoxide rings is 2. The van der Waals surface area contributed by atoms with Gasteiger partial charge in [-0.15, -0.1) is 0 Å². The number of amides is 2. The fourth-order valence-electron chi connectivity index (χ4n) is 4.05. The molecule has 2 aliphatic heterocycles. The van der Waals surface area contributed by atoms with E-state index in [4.69, 9.17) is 14.2 Å². The lowest BCUT2D eigenvalue weighted by atomic mass is 9.85. The second-order valence-electron chi connectivity index (χ2n) is 8.62. The third kappa shape index (κ3) is 3.88. The molecule has 7 nitrogen and oxygen atoms in total. The third-order valence-corrected chi connectivity index (χ3v) is 6.28. The molecule has 2 N–H and O–H groups in total. The molecule has 33 heavy (non-hydrogen) atoms. The van der Waals surface area contributed by atoms with Crippen LogP contribution in [0.25, 0.3) is 0 Å². The fourth-order valence-corrected chi connectivity index (χ4v) is 4.05. The number of benzene rings is 2. The van der Waals surface area contributed by atoms with E-state index in [2.05, 4.69) is 23.8 Å². The van der Waals surface area contributed by atoms with Crippen LogP contribution in [0.4, 0.5) is 0 Å². The molecule has 4 rings (SSSR count). The summed E-state index contributed by atoms with van der Waals surface area (Å²) in [6.07, 6.45) is 2.35. The Balaban J connectivity index is 1.97. The van der Waals surface area contributed by atoms with Crippen molar-refractivity contribution in [2.45, 2.75) is 36.5 Å². The van der Waals surface area contributed by atoms with E-state index < -0.39 is 34.5 Å². The molecular weight excluding hydrogens is 420 g/mol. The van der Waals surface area contributed by atoms with Gasteiger partial charge in [0, 0.05) is 11.1 Å². The van der Waals surface area contributed by atoms with E-state index in [0.29, 0.717) is 24.3 Å². The molecular formula is C26H28N2O5. The van der Waals surface area contributed by atoms with E-state index in [9.17, 15) is 9.59 Å². The highest BCUT2D eigenvalue weighted by Gasteiger charge is 2.70. The monoisotopic (exact) mass is 448 g/mol. The van der Waals surface area contributed by atoms with Gasteiger partial charge in [-0.2, -0.15) is 0 Å². The largest absolute Gasteiger partial charge is 0.364 e. The van der Waals surface area contributed by atoms with Gasteiger partial charge in [-0.1, -0.05) is 73.8 Å². The highest BCUT2D eigenvalue weighted by atomic mass is 16.7. The van der Waals surface area contributed by atoms with E-state index in [1.54, 1.807) is 0 Å². The molecule has 2 aliphatic rings. The van der Waals surface area contributed by atoms with Gasteiger partial charge < -0.3 is 24.8 Å². The molecule has 172 valence electrons. The molecule has 0 aromatic heterocycles. The molecule has 4 atom stereocenters. The number of hydrogen-bond acceptors (Lipinski definition) is 5. The summed E-state index contributed by atoms with van der Waals surface area (Å²) in [5.41, 5.74) is -3.51. The van der Waals surface area contributed by atoms with Crippen LogP contribution in [0, 0.1) is 0 Å². The zero-order valence-electron chi connectivity index (χ0n) is 18.8. The Morgan fingerprint density at radius 1 is 0.818 bits per heavy atom. The number of carbonyl (C=O) groups excluding carboxylic acids is 2. The summed E-state index contributed by atoms with van der Waals surface area (Å²) in [5, 5.41) is 5.96. The van der Waals surface area contributed by atoms with Gasteiger partial charge in [-0.3, -0.25) is 9.59 Å². The van der Waals surface area contributed by atoms with Crippen LogP contribution in [-0.2, 0) is 35.2 Å². The Hall–Kier alpha value is -3.26. The maximum atomic E-state index is 12.7. The lowest BCUT2D eigenvalue weighted by Gasteiger charge is -2.48. The Bertz CT molecular complexity index is 977. The van der Waals surface area contributed by atoms with Crippen LogP contribution in [0.5, 0.6) is 0 Å². The predicted octanol–water partition coefficient (Wildman–Crippen LogP) is 2.89. The molecule has 2 saturated heterocycles. The third-order valence-electron chi connectivity index (χ3n) is 6.28. The molecule has 7 heteroatoms. The van der Waals surface area contributed by atoms with E-state index in [-0.39, 0.29) is 0 Å². The highest BCUT2D eigenvalue weighted by molar-refractivity contribution is 5.88. The Morgan fingerprint density at radius 2 is 1.15 bits per heavy atom. The van der Waals surface area contributed by atoms with Crippen molar-refractivity contribution >= 4 is 11.8 Å². The summed E-state index contributed by atoms with van der Waals surface area (Å²) in [4.78, 5) is 25.5. The first-order valence-corrected chi connectivity index (χ1v) is 10.7. The molecule has 4 unspecified atom stereocenters. The van der Waals surface area contributed by atoms with Crippen molar-refractivity contribution < 1.29 is 23.8 Å². The SMILES string of the molecule is C=CC(=O)NC(OC(NC(=O)C=C)(c1ccccc1)C1(C)CO1)(c1ccccc1)C1(C)CO1. The first-order chi connectivity index (χ1) is 15.7. The maximum absolute atomic E-state index is 12.7. The van der Waals surface area contributed by atoms with Crippen LogP contribution >= 0.6 is 0 Å². The van der Waals surface area contributed by atoms with Crippen molar-refractivity contribution in [3.63, 3.8) is 0 Å². The number of nitrogens with one attached hydrogen (secondary N) is 2. The van der Waals surface area contributed by atoms with Gasteiger partial charge in [-0.05, 0) is 26.0 Å². The predicted molar refractivity (Wildman–Crippen MR) is 123 cm³/mol. The molecule has 2 aromatic rings. The molecule has 0 aliphatic carbocycles. The minimum absolute atomic E-state index is 0.331. The first-order valence-electron chi connectivity index (χ1n) is 10.7. The Morgan fingerprint density at radius 3 is 1.42 bits per heavy atom. The zero-order valence-corrected chi connectivity index (χ0v) is 18.8. The molecule has 0 spiro atoms. The normalized spacial score (nSPS) is 26.7. The Labute approximate surface area is 193 Å². The number of ether oxygens (including phenoxy) is 3. The van der Waals surface area contributed by atoms with Gasteiger partial charge in [0.1, 0.15) is 11.2 Å². The molecule has 0 saturated carbocycles. The van der Waals surface area contributed by atoms with Crippen molar-refractivity contribution in [3.8, 4) is 0 Å². The minimum atomic E-state index is -1.49. The van der Waals surface area contributed by atoms with Gasteiger partial charge in [0.2, 0.25) is 23.3 Å². The van der Waals surface area contributed by atoms with Crippen molar-refractivity contribution in [1.82, 2.24) is 10.6 Å². The average Bonchev–Trinajstić information content (AvgIpc) is 3.77. The standard InChI is InChI=1S/C26H28N2O5/c1-5-21(29)27-25(23(3)17-31-23,19-13-9-7-10-14-19)33-26(24(4)18-32-24,28-22(30)6-2)20-15-11-8-12-16-20/h5-16H,1-2,17-18H2,3-4H3,(H,27,29)(H,28,30). The highest BCUT2D eigenvalue weighted by Crippen LogP contribution is 2.54. The minimum Gasteiger partial charge on any atom is -0.364 e. The fraction of sp³-hybridized carbons (Fsp3) is 0.308. The smallest absolute Gasteiger partial charge is 0.245 e. The summed E-state index contributed by atoms with van der Waals surface area (Å²) in [6.45, 7) is 11.6. The van der Waals surface area contributed by atoms with Crippen LogP contribution < -0.4 is 10.6 Å². The van der Waals surface area contributed by atoms with Crippen LogP contribution in [0.1, 0.15) is 25.0 Å². The molecule has 0 bridgehead atoms. The number of hydrogen-bond donors (Lipinski definition) is 2. The van der Waals surface area contributed by atoms with Gasteiger partial charge in [0.25, 0.3) is 0 Å². The van der Waals surface area contributed by atoms with Crippen molar-refractivity contribution in [1.29, 1.82) is 0 Å². The van der Waals surface area contributed by atoms with Crippen molar-refractivity contribution in [3.05, 3.63) is 97.1 Å². The van der Waals surface area contributed by atoms with Crippen molar-refractivity contribution in [2.75, 3.05) is 13.2 Å². The Kier molecular flexibility index (Phi) is 5.74. The summed E-state index contributed by atoms with van der Waals surface area (Å²) >= 11 is 0. The second-order valence-corrected chi connectivity index (χ2v) is 8.62. The first kappa shape index (κ1) is 22.9. The van der Waals surface area contributed by atoms with E-state index in [1.807, 2.05) is 74.5 Å².